The van der Waals surface area contributed by atoms with Crippen molar-refractivity contribution in [2.45, 2.75) is 13.3 Å². The smallest absolute Gasteiger partial charge is 0.121 e. The fraction of sp³-hybridized carbons (Fsp3) is 0.308. The van der Waals surface area contributed by atoms with E-state index in [1.807, 2.05) is 35.9 Å². The molecular weight excluding hydrogens is 296 g/mol. The van der Waals surface area contributed by atoms with Crippen LogP contribution in [0, 0.1) is 6.92 Å². The first kappa shape index (κ1) is 13.1. The Hall–Kier alpha value is -1.33. The van der Waals surface area contributed by atoms with Gasteiger partial charge in [-0.25, -0.2) is 4.68 Å². The van der Waals surface area contributed by atoms with Gasteiger partial charge in [0.1, 0.15) is 10.4 Å². The summed E-state index contributed by atoms with van der Waals surface area (Å²) in [5, 5.41) is 13.5. The maximum atomic E-state index is 9.05. The van der Waals surface area contributed by atoms with Crippen LogP contribution >= 0.6 is 15.9 Å². The number of halogens is 1. The fourth-order valence-corrected chi connectivity index (χ4v) is 2.61. The zero-order valence-electron chi connectivity index (χ0n) is 10.4. The third kappa shape index (κ3) is 2.42. The van der Waals surface area contributed by atoms with Crippen molar-refractivity contribution in [1.82, 2.24) is 9.78 Å². The maximum Gasteiger partial charge on any atom is 0.121 e. The van der Waals surface area contributed by atoms with Crippen molar-refractivity contribution >= 4 is 15.9 Å². The van der Waals surface area contributed by atoms with E-state index in [2.05, 4.69) is 21.0 Å². The van der Waals surface area contributed by atoms with Gasteiger partial charge in [0.05, 0.1) is 18.5 Å². The molecule has 0 saturated heterocycles. The van der Waals surface area contributed by atoms with Gasteiger partial charge < -0.3 is 9.84 Å². The Morgan fingerprint density at radius 3 is 2.89 bits per heavy atom. The summed E-state index contributed by atoms with van der Waals surface area (Å²) in [6, 6.07) is 7.69. The van der Waals surface area contributed by atoms with E-state index in [1.54, 1.807) is 7.11 Å². The molecule has 0 radical (unpaired) electrons. The highest BCUT2D eigenvalue weighted by Crippen LogP contribution is 2.26. The lowest BCUT2D eigenvalue weighted by Gasteiger charge is -2.06. The SMILES string of the molecule is COc1cccc(-n2nc(C)c(CCO)c2Br)c1. The number of aliphatic hydroxyl groups is 1. The van der Waals surface area contributed by atoms with Crippen LogP contribution in [0.5, 0.6) is 5.75 Å². The van der Waals surface area contributed by atoms with E-state index in [1.165, 1.54) is 0 Å². The number of aliphatic hydroxyl groups excluding tert-OH is 1. The van der Waals surface area contributed by atoms with Gasteiger partial charge in [-0.2, -0.15) is 5.10 Å². The standard InChI is InChI=1S/C13H15BrN2O2/c1-9-12(6-7-17)13(14)16(15-9)10-4-3-5-11(8-10)18-2/h3-5,8,17H,6-7H2,1-2H3. The number of benzene rings is 1. The van der Waals surface area contributed by atoms with Crippen molar-refractivity contribution < 1.29 is 9.84 Å². The molecule has 1 heterocycles. The first-order valence-corrected chi connectivity index (χ1v) is 6.46. The molecule has 2 rings (SSSR count). The number of methoxy groups -OCH3 is 1. The van der Waals surface area contributed by atoms with Gasteiger partial charge in [-0.05, 0) is 35.0 Å². The topological polar surface area (TPSA) is 47.3 Å². The minimum Gasteiger partial charge on any atom is -0.497 e. The van der Waals surface area contributed by atoms with Crippen molar-refractivity contribution in [2.75, 3.05) is 13.7 Å². The van der Waals surface area contributed by atoms with Crippen LogP contribution in [0.4, 0.5) is 0 Å². The van der Waals surface area contributed by atoms with Crippen LogP contribution in [-0.4, -0.2) is 28.6 Å². The number of rotatable bonds is 4. The first-order valence-electron chi connectivity index (χ1n) is 5.66. The highest BCUT2D eigenvalue weighted by molar-refractivity contribution is 9.10. The first-order chi connectivity index (χ1) is 8.67. The second-order valence-electron chi connectivity index (χ2n) is 3.94. The van der Waals surface area contributed by atoms with E-state index in [0.29, 0.717) is 6.42 Å². The van der Waals surface area contributed by atoms with Gasteiger partial charge in [-0.15, -0.1) is 0 Å². The largest absolute Gasteiger partial charge is 0.497 e. The van der Waals surface area contributed by atoms with Gasteiger partial charge in [-0.1, -0.05) is 6.07 Å². The van der Waals surface area contributed by atoms with Gasteiger partial charge in [0, 0.05) is 24.7 Å². The predicted octanol–water partition coefficient (Wildman–Crippen LogP) is 2.49. The molecule has 96 valence electrons. The Morgan fingerprint density at radius 1 is 1.44 bits per heavy atom. The van der Waals surface area contributed by atoms with Crippen molar-refractivity contribution in [1.29, 1.82) is 0 Å². The number of hydrogen-bond acceptors (Lipinski definition) is 3. The third-order valence-electron chi connectivity index (χ3n) is 2.78. The molecule has 1 N–H and O–H groups in total. The number of nitrogens with zero attached hydrogens (tertiary/aromatic N) is 2. The molecule has 0 amide bonds. The monoisotopic (exact) mass is 310 g/mol. The lowest BCUT2D eigenvalue weighted by Crippen LogP contribution is -1.98. The van der Waals surface area contributed by atoms with Crippen LogP contribution in [0.15, 0.2) is 28.9 Å². The average Bonchev–Trinajstić information content (AvgIpc) is 2.67. The molecule has 0 bridgehead atoms. The lowest BCUT2D eigenvalue weighted by molar-refractivity contribution is 0.299. The molecule has 0 saturated carbocycles. The summed E-state index contributed by atoms with van der Waals surface area (Å²) in [5.41, 5.74) is 2.87. The average molecular weight is 311 g/mol. The van der Waals surface area contributed by atoms with Crippen LogP contribution in [0.3, 0.4) is 0 Å². The quantitative estimate of drug-likeness (QED) is 0.944. The van der Waals surface area contributed by atoms with E-state index in [9.17, 15) is 0 Å². The minimum atomic E-state index is 0.114. The number of hydrogen-bond donors (Lipinski definition) is 1. The van der Waals surface area contributed by atoms with Crippen molar-refractivity contribution in [3.8, 4) is 11.4 Å². The molecule has 0 unspecified atom stereocenters. The summed E-state index contributed by atoms with van der Waals surface area (Å²) in [6.07, 6.45) is 0.594. The second-order valence-corrected chi connectivity index (χ2v) is 4.69. The summed E-state index contributed by atoms with van der Waals surface area (Å²) >= 11 is 3.53. The Bertz CT molecular complexity index is 552. The van der Waals surface area contributed by atoms with Crippen LogP contribution in [0.1, 0.15) is 11.3 Å². The Kier molecular flexibility index (Phi) is 4.04. The fourth-order valence-electron chi connectivity index (χ4n) is 1.84. The molecule has 1 aromatic heterocycles. The van der Waals surface area contributed by atoms with Crippen LogP contribution in [0.2, 0.25) is 0 Å². The van der Waals surface area contributed by atoms with Crippen molar-refractivity contribution in [3.63, 3.8) is 0 Å². The molecule has 0 aliphatic rings. The molecule has 0 aliphatic heterocycles. The summed E-state index contributed by atoms with van der Waals surface area (Å²) in [4.78, 5) is 0. The molecule has 4 nitrogen and oxygen atoms in total. The molecule has 0 spiro atoms. The summed E-state index contributed by atoms with van der Waals surface area (Å²) in [7, 11) is 1.64. The van der Waals surface area contributed by atoms with Crippen molar-refractivity contribution in [2.24, 2.45) is 0 Å². The predicted molar refractivity (Wildman–Crippen MR) is 73.3 cm³/mol. The Morgan fingerprint density at radius 2 is 2.22 bits per heavy atom. The van der Waals surface area contributed by atoms with E-state index in [-0.39, 0.29) is 6.61 Å². The van der Waals surface area contributed by atoms with Gasteiger partial charge in [-0.3, -0.25) is 0 Å². The summed E-state index contributed by atoms with van der Waals surface area (Å²) < 4.78 is 7.89. The number of ether oxygens (including phenoxy) is 1. The van der Waals surface area contributed by atoms with E-state index in [0.717, 1.165) is 27.3 Å². The zero-order valence-corrected chi connectivity index (χ0v) is 11.9. The minimum absolute atomic E-state index is 0.114. The van der Waals surface area contributed by atoms with Gasteiger partial charge in [0.2, 0.25) is 0 Å². The van der Waals surface area contributed by atoms with Gasteiger partial charge >= 0.3 is 0 Å². The number of aromatic nitrogens is 2. The third-order valence-corrected chi connectivity index (χ3v) is 3.60. The highest BCUT2D eigenvalue weighted by atomic mass is 79.9. The zero-order chi connectivity index (χ0) is 13.1. The molecule has 0 fully saturated rings. The normalized spacial score (nSPS) is 10.7. The lowest BCUT2D eigenvalue weighted by atomic mass is 10.2. The number of aryl methyl sites for hydroxylation is 1. The van der Waals surface area contributed by atoms with E-state index < -0.39 is 0 Å². The van der Waals surface area contributed by atoms with Crippen molar-refractivity contribution in [3.05, 3.63) is 40.1 Å². The Balaban J connectivity index is 2.47. The molecule has 0 atom stereocenters. The molecule has 0 aliphatic carbocycles. The molecule has 18 heavy (non-hydrogen) atoms. The van der Waals surface area contributed by atoms with Gasteiger partial charge in [0.15, 0.2) is 0 Å². The van der Waals surface area contributed by atoms with Crippen LogP contribution < -0.4 is 4.74 Å². The Labute approximate surface area is 114 Å². The summed E-state index contributed by atoms with van der Waals surface area (Å²) in [6.45, 7) is 2.05. The highest BCUT2D eigenvalue weighted by Gasteiger charge is 2.13. The van der Waals surface area contributed by atoms with Gasteiger partial charge in [0.25, 0.3) is 0 Å². The summed E-state index contributed by atoms with van der Waals surface area (Å²) in [5.74, 6) is 0.788. The second kappa shape index (κ2) is 5.54. The van der Waals surface area contributed by atoms with E-state index >= 15 is 0 Å². The maximum absolute atomic E-state index is 9.05. The van der Waals surface area contributed by atoms with Crippen LogP contribution in [-0.2, 0) is 6.42 Å². The molecule has 1 aromatic carbocycles. The van der Waals surface area contributed by atoms with E-state index in [4.69, 9.17) is 9.84 Å². The molecule has 2 aromatic rings. The molecule has 5 heteroatoms. The molecular formula is C13H15BrN2O2. The van der Waals surface area contributed by atoms with Crippen LogP contribution in [0.25, 0.3) is 5.69 Å².